The van der Waals surface area contributed by atoms with Gasteiger partial charge < -0.3 is 4.90 Å². The maximum atomic E-state index is 11.7. The van der Waals surface area contributed by atoms with Crippen LogP contribution in [0.15, 0.2) is 52.3 Å². The third-order valence-corrected chi connectivity index (χ3v) is 7.01. The van der Waals surface area contributed by atoms with Crippen molar-refractivity contribution >= 4 is 27.5 Å². The van der Waals surface area contributed by atoms with Crippen LogP contribution in [0.3, 0.4) is 0 Å². The Labute approximate surface area is 154 Å². The van der Waals surface area contributed by atoms with Crippen molar-refractivity contribution in [3.63, 3.8) is 0 Å². The van der Waals surface area contributed by atoms with E-state index < -0.39 is 10.0 Å². The normalized spacial score (nSPS) is 16.2. The summed E-state index contributed by atoms with van der Waals surface area (Å²) in [5, 5.41) is 0. The molecule has 4 nitrogen and oxygen atoms in total. The molecule has 134 valence electrons. The maximum Gasteiger partial charge on any atom is 0.211 e. The lowest BCUT2D eigenvalue weighted by atomic mass is 10.2. The van der Waals surface area contributed by atoms with Gasteiger partial charge in [-0.05, 0) is 37.6 Å². The van der Waals surface area contributed by atoms with Gasteiger partial charge in [-0.3, -0.25) is 0 Å². The second-order valence-electron chi connectivity index (χ2n) is 6.49. The minimum atomic E-state index is -3.10. The molecule has 1 fully saturated rings. The Morgan fingerprint density at radius 1 is 0.920 bits per heavy atom. The fourth-order valence-electron chi connectivity index (χ4n) is 3.10. The Morgan fingerprint density at radius 3 is 2.24 bits per heavy atom. The van der Waals surface area contributed by atoms with Crippen molar-refractivity contribution in [2.75, 3.05) is 37.3 Å². The van der Waals surface area contributed by atoms with Gasteiger partial charge in [-0.2, -0.15) is 4.31 Å². The molecule has 0 saturated carbocycles. The minimum absolute atomic E-state index is 0.543. The molecule has 0 amide bonds. The number of para-hydroxylation sites is 1. The maximum absolute atomic E-state index is 11.7. The summed E-state index contributed by atoms with van der Waals surface area (Å²) in [4.78, 5) is 4.75. The van der Waals surface area contributed by atoms with Gasteiger partial charge >= 0.3 is 0 Å². The lowest BCUT2D eigenvalue weighted by molar-refractivity contribution is 0.387. The van der Waals surface area contributed by atoms with Crippen molar-refractivity contribution < 1.29 is 8.42 Å². The summed E-state index contributed by atoms with van der Waals surface area (Å²) in [6.45, 7) is 6.78. The van der Waals surface area contributed by atoms with Crippen molar-refractivity contribution in [1.29, 1.82) is 0 Å². The highest BCUT2D eigenvalue weighted by molar-refractivity contribution is 7.99. The fraction of sp³-hybridized carbons (Fsp3) is 0.368. The number of anilines is 1. The standard InChI is InChI=1S/C19H24N2O2S2/c1-15-8-9-18(16(2)14-15)24-19-7-5-4-6-17(19)20-10-12-21(13-11-20)25(3,22)23/h4-9,14H,10-13H2,1-3H3. The number of benzene rings is 2. The molecule has 0 bridgehead atoms. The number of hydrogen-bond acceptors (Lipinski definition) is 4. The van der Waals surface area contributed by atoms with Gasteiger partial charge in [0.15, 0.2) is 0 Å². The second-order valence-corrected chi connectivity index (χ2v) is 9.55. The van der Waals surface area contributed by atoms with E-state index in [2.05, 4.69) is 55.1 Å². The van der Waals surface area contributed by atoms with Gasteiger partial charge in [0.2, 0.25) is 10.0 Å². The van der Waals surface area contributed by atoms with E-state index in [1.165, 1.54) is 32.9 Å². The first kappa shape index (κ1) is 18.3. The zero-order chi connectivity index (χ0) is 18.0. The van der Waals surface area contributed by atoms with Gasteiger partial charge in [-0.1, -0.05) is 41.6 Å². The molecule has 2 aromatic carbocycles. The van der Waals surface area contributed by atoms with Gasteiger partial charge in [-0.15, -0.1) is 0 Å². The number of nitrogens with zero attached hydrogens (tertiary/aromatic N) is 2. The van der Waals surface area contributed by atoms with Crippen molar-refractivity contribution in [2.45, 2.75) is 23.6 Å². The number of aryl methyl sites for hydroxylation is 2. The largest absolute Gasteiger partial charge is 0.368 e. The monoisotopic (exact) mass is 376 g/mol. The molecule has 25 heavy (non-hydrogen) atoms. The van der Waals surface area contributed by atoms with Crippen LogP contribution in [0, 0.1) is 13.8 Å². The van der Waals surface area contributed by atoms with E-state index in [0.717, 1.165) is 13.1 Å². The highest BCUT2D eigenvalue weighted by atomic mass is 32.2. The van der Waals surface area contributed by atoms with Crippen LogP contribution in [-0.2, 0) is 10.0 Å². The Bertz CT molecular complexity index is 857. The van der Waals surface area contributed by atoms with Crippen LogP contribution in [0.4, 0.5) is 5.69 Å². The van der Waals surface area contributed by atoms with E-state index in [4.69, 9.17) is 0 Å². The van der Waals surface area contributed by atoms with Crippen molar-refractivity contribution in [3.05, 3.63) is 53.6 Å². The molecule has 0 spiro atoms. The Kier molecular flexibility index (Phi) is 5.41. The topological polar surface area (TPSA) is 40.6 Å². The average Bonchev–Trinajstić information content (AvgIpc) is 2.57. The molecule has 0 unspecified atom stereocenters. The molecule has 6 heteroatoms. The zero-order valence-electron chi connectivity index (χ0n) is 14.9. The summed E-state index contributed by atoms with van der Waals surface area (Å²) in [7, 11) is -3.10. The number of sulfonamides is 1. The molecule has 2 aromatic rings. The van der Waals surface area contributed by atoms with Gasteiger partial charge in [0.05, 0.1) is 11.9 Å². The summed E-state index contributed by atoms with van der Waals surface area (Å²) < 4.78 is 25.0. The summed E-state index contributed by atoms with van der Waals surface area (Å²) in [5.41, 5.74) is 3.73. The van der Waals surface area contributed by atoms with Crippen LogP contribution >= 0.6 is 11.8 Å². The van der Waals surface area contributed by atoms with E-state index in [9.17, 15) is 8.42 Å². The molecular weight excluding hydrogens is 352 g/mol. The molecule has 0 N–H and O–H groups in total. The third kappa shape index (κ3) is 4.37. The molecule has 0 aliphatic carbocycles. The van der Waals surface area contributed by atoms with Gasteiger partial charge in [0.1, 0.15) is 0 Å². The molecule has 1 aliphatic heterocycles. The highest BCUT2D eigenvalue weighted by Crippen LogP contribution is 2.37. The first-order valence-corrected chi connectivity index (χ1v) is 11.1. The summed E-state index contributed by atoms with van der Waals surface area (Å²) in [6.07, 6.45) is 1.28. The molecule has 0 aromatic heterocycles. The van der Waals surface area contributed by atoms with Crippen molar-refractivity contribution in [3.8, 4) is 0 Å². The average molecular weight is 377 g/mol. The van der Waals surface area contributed by atoms with Crippen LogP contribution in [0.1, 0.15) is 11.1 Å². The lowest BCUT2D eigenvalue weighted by Gasteiger charge is -2.35. The van der Waals surface area contributed by atoms with E-state index in [-0.39, 0.29) is 0 Å². The molecule has 3 rings (SSSR count). The summed E-state index contributed by atoms with van der Waals surface area (Å²) in [6, 6.07) is 14.9. The predicted molar refractivity (Wildman–Crippen MR) is 105 cm³/mol. The minimum Gasteiger partial charge on any atom is -0.368 e. The van der Waals surface area contributed by atoms with Gasteiger partial charge in [-0.25, -0.2) is 8.42 Å². The molecule has 1 aliphatic rings. The highest BCUT2D eigenvalue weighted by Gasteiger charge is 2.24. The smallest absolute Gasteiger partial charge is 0.211 e. The Hall–Kier alpha value is -1.50. The number of rotatable bonds is 4. The molecule has 0 atom stereocenters. The van der Waals surface area contributed by atoms with Crippen molar-refractivity contribution in [2.24, 2.45) is 0 Å². The second kappa shape index (κ2) is 7.40. The number of hydrogen-bond donors (Lipinski definition) is 0. The van der Waals surface area contributed by atoms with E-state index >= 15 is 0 Å². The summed E-state index contributed by atoms with van der Waals surface area (Å²) in [5.74, 6) is 0. The SMILES string of the molecule is Cc1ccc(Sc2ccccc2N2CCN(S(C)(=O)=O)CC2)c(C)c1. The molecule has 0 radical (unpaired) electrons. The van der Waals surface area contributed by atoms with Crippen LogP contribution in [-0.4, -0.2) is 45.2 Å². The van der Waals surface area contributed by atoms with Crippen LogP contribution in [0.25, 0.3) is 0 Å². The van der Waals surface area contributed by atoms with Gasteiger partial charge in [0, 0.05) is 36.0 Å². The third-order valence-electron chi connectivity index (χ3n) is 4.46. The van der Waals surface area contributed by atoms with E-state index in [0.29, 0.717) is 13.1 Å². The van der Waals surface area contributed by atoms with E-state index in [1.807, 2.05) is 6.07 Å². The molecular formula is C19H24N2O2S2. The van der Waals surface area contributed by atoms with Crippen LogP contribution in [0.2, 0.25) is 0 Å². The lowest BCUT2D eigenvalue weighted by Crippen LogP contribution is -2.48. The van der Waals surface area contributed by atoms with Crippen molar-refractivity contribution in [1.82, 2.24) is 4.31 Å². The Balaban J connectivity index is 1.80. The summed E-state index contributed by atoms with van der Waals surface area (Å²) >= 11 is 1.78. The molecule has 1 heterocycles. The van der Waals surface area contributed by atoms with Crippen LogP contribution < -0.4 is 4.90 Å². The van der Waals surface area contributed by atoms with E-state index in [1.54, 1.807) is 16.1 Å². The first-order chi connectivity index (χ1) is 11.8. The van der Waals surface area contributed by atoms with Gasteiger partial charge in [0.25, 0.3) is 0 Å². The quantitative estimate of drug-likeness (QED) is 0.818. The van der Waals surface area contributed by atoms with Crippen LogP contribution in [0.5, 0.6) is 0 Å². The Morgan fingerprint density at radius 2 is 1.60 bits per heavy atom. The number of piperazine rings is 1. The predicted octanol–water partition coefficient (Wildman–Crippen LogP) is 3.54. The fourth-order valence-corrected chi connectivity index (χ4v) is 4.97. The first-order valence-electron chi connectivity index (χ1n) is 8.39. The zero-order valence-corrected chi connectivity index (χ0v) is 16.5. The molecule has 1 saturated heterocycles.